The molecule has 2 aliphatic rings. The van der Waals surface area contributed by atoms with Crippen molar-refractivity contribution in [3.05, 3.63) is 38.1 Å². The van der Waals surface area contributed by atoms with Crippen molar-refractivity contribution in [1.29, 1.82) is 0 Å². The van der Waals surface area contributed by atoms with Crippen molar-refractivity contribution in [3.63, 3.8) is 0 Å². The van der Waals surface area contributed by atoms with E-state index in [4.69, 9.17) is 11.6 Å². The highest BCUT2D eigenvalue weighted by atomic mass is 35.5. The van der Waals surface area contributed by atoms with Crippen LogP contribution in [-0.2, 0) is 5.54 Å². The summed E-state index contributed by atoms with van der Waals surface area (Å²) in [7, 11) is 0. The standard InChI is InChI=1S/C12H10ClFN2O3/c13-6-5-7(14)10(16(18)19)8-9(6)12(15-11(8)17)3-1-2-4-12/h5H,1-4H2,(H,15,17). The predicted molar refractivity (Wildman–Crippen MR) is 65.7 cm³/mol. The van der Waals surface area contributed by atoms with Gasteiger partial charge in [-0.05, 0) is 12.8 Å². The fourth-order valence-electron chi connectivity index (χ4n) is 3.17. The molecule has 1 aromatic carbocycles. The summed E-state index contributed by atoms with van der Waals surface area (Å²) in [6.45, 7) is 0. The van der Waals surface area contributed by atoms with E-state index < -0.39 is 27.9 Å². The zero-order valence-electron chi connectivity index (χ0n) is 9.83. The minimum atomic E-state index is -1.07. The largest absolute Gasteiger partial charge is 0.342 e. The maximum absolute atomic E-state index is 13.7. The van der Waals surface area contributed by atoms with Crippen molar-refractivity contribution in [2.24, 2.45) is 0 Å². The molecule has 1 N–H and O–H groups in total. The fourth-order valence-corrected chi connectivity index (χ4v) is 3.54. The highest BCUT2D eigenvalue weighted by Gasteiger charge is 2.50. The molecule has 0 radical (unpaired) electrons. The number of fused-ring (bicyclic) bond motifs is 2. The number of hydrogen-bond donors (Lipinski definition) is 1. The molecule has 0 bridgehead atoms. The van der Waals surface area contributed by atoms with Gasteiger partial charge in [0, 0.05) is 11.6 Å². The van der Waals surface area contributed by atoms with E-state index in [9.17, 15) is 19.3 Å². The molecular formula is C12H10ClFN2O3. The van der Waals surface area contributed by atoms with Gasteiger partial charge in [-0.3, -0.25) is 14.9 Å². The molecule has 0 unspecified atom stereocenters. The Morgan fingerprint density at radius 2 is 2.05 bits per heavy atom. The Morgan fingerprint density at radius 1 is 1.42 bits per heavy atom. The Morgan fingerprint density at radius 3 is 2.63 bits per heavy atom. The van der Waals surface area contributed by atoms with Crippen LogP contribution in [0.25, 0.3) is 0 Å². The third-order valence-electron chi connectivity index (χ3n) is 3.90. The number of nitrogens with zero attached hydrogens (tertiary/aromatic N) is 1. The van der Waals surface area contributed by atoms with E-state index in [2.05, 4.69) is 5.32 Å². The second-order valence-corrected chi connectivity index (χ2v) is 5.35. The van der Waals surface area contributed by atoms with Crippen LogP contribution in [0.5, 0.6) is 0 Å². The summed E-state index contributed by atoms with van der Waals surface area (Å²) in [5, 5.41) is 13.8. The second kappa shape index (κ2) is 3.90. The van der Waals surface area contributed by atoms with Crippen molar-refractivity contribution >= 4 is 23.2 Å². The van der Waals surface area contributed by atoms with Crippen LogP contribution in [0.4, 0.5) is 10.1 Å². The van der Waals surface area contributed by atoms with Gasteiger partial charge in [0.15, 0.2) is 0 Å². The number of nitro benzene ring substituents is 1. The van der Waals surface area contributed by atoms with Crippen molar-refractivity contribution in [3.8, 4) is 0 Å². The van der Waals surface area contributed by atoms with Gasteiger partial charge in [-0.25, -0.2) is 0 Å². The van der Waals surface area contributed by atoms with Crippen molar-refractivity contribution in [2.75, 3.05) is 0 Å². The predicted octanol–water partition coefficient (Wildman–Crippen LogP) is 2.90. The summed E-state index contributed by atoms with van der Waals surface area (Å²) in [5.41, 5.74) is -1.25. The monoisotopic (exact) mass is 284 g/mol. The Bertz CT molecular complexity index is 611. The minimum Gasteiger partial charge on any atom is -0.342 e. The average molecular weight is 285 g/mol. The number of hydrogen-bond acceptors (Lipinski definition) is 3. The normalized spacial score (nSPS) is 19.6. The lowest BCUT2D eigenvalue weighted by Gasteiger charge is -2.25. The molecule has 1 saturated carbocycles. The van der Waals surface area contributed by atoms with E-state index in [0.29, 0.717) is 18.4 Å². The topological polar surface area (TPSA) is 72.2 Å². The molecule has 1 aliphatic heterocycles. The van der Waals surface area contributed by atoms with Crippen LogP contribution < -0.4 is 5.32 Å². The Labute approximate surface area is 112 Å². The molecule has 0 atom stereocenters. The van der Waals surface area contributed by atoms with Crippen molar-refractivity contribution < 1.29 is 14.1 Å². The molecule has 19 heavy (non-hydrogen) atoms. The quantitative estimate of drug-likeness (QED) is 0.636. The molecule has 1 aromatic rings. The van der Waals surface area contributed by atoms with Gasteiger partial charge in [0.1, 0.15) is 5.56 Å². The Hall–Kier alpha value is -1.69. The van der Waals surface area contributed by atoms with E-state index in [-0.39, 0.29) is 10.6 Å². The third-order valence-corrected chi connectivity index (χ3v) is 4.20. The second-order valence-electron chi connectivity index (χ2n) is 4.94. The van der Waals surface area contributed by atoms with E-state index >= 15 is 0 Å². The van der Waals surface area contributed by atoms with Crippen LogP contribution in [0, 0.1) is 15.9 Å². The van der Waals surface area contributed by atoms with Gasteiger partial charge < -0.3 is 5.32 Å². The first kappa shape index (κ1) is 12.3. The number of amides is 1. The summed E-state index contributed by atoms with van der Waals surface area (Å²) in [6, 6.07) is 0.929. The highest BCUT2D eigenvalue weighted by molar-refractivity contribution is 6.32. The number of benzene rings is 1. The zero-order valence-corrected chi connectivity index (χ0v) is 10.6. The fraction of sp³-hybridized carbons (Fsp3) is 0.417. The molecule has 1 spiro atoms. The molecule has 1 aliphatic carbocycles. The number of rotatable bonds is 1. The summed E-state index contributed by atoms with van der Waals surface area (Å²) in [6.07, 6.45) is 3.16. The van der Waals surface area contributed by atoms with Crippen LogP contribution in [-0.4, -0.2) is 10.8 Å². The van der Waals surface area contributed by atoms with Gasteiger partial charge in [0.2, 0.25) is 5.82 Å². The van der Waals surface area contributed by atoms with Gasteiger partial charge in [0.05, 0.1) is 15.5 Å². The van der Waals surface area contributed by atoms with Crippen LogP contribution in [0.1, 0.15) is 41.6 Å². The van der Waals surface area contributed by atoms with Crippen molar-refractivity contribution in [2.45, 2.75) is 31.2 Å². The Kier molecular flexibility index (Phi) is 2.53. The first-order chi connectivity index (χ1) is 8.96. The summed E-state index contributed by atoms with van der Waals surface area (Å²) < 4.78 is 13.7. The molecule has 1 fully saturated rings. The van der Waals surface area contributed by atoms with Crippen LogP contribution in [0.15, 0.2) is 6.07 Å². The molecule has 3 rings (SSSR count). The van der Waals surface area contributed by atoms with Gasteiger partial charge in [-0.2, -0.15) is 4.39 Å². The smallest absolute Gasteiger partial charge is 0.317 e. The molecule has 0 aromatic heterocycles. The molecular weight excluding hydrogens is 275 g/mol. The van der Waals surface area contributed by atoms with Crippen LogP contribution >= 0.6 is 11.6 Å². The zero-order chi connectivity index (χ0) is 13.8. The molecule has 5 nitrogen and oxygen atoms in total. The van der Waals surface area contributed by atoms with Gasteiger partial charge in [-0.15, -0.1) is 0 Å². The van der Waals surface area contributed by atoms with Crippen molar-refractivity contribution in [1.82, 2.24) is 5.32 Å². The lowest BCUT2D eigenvalue weighted by molar-refractivity contribution is -0.387. The van der Waals surface area contributed by atoms with E-state index in [1.165, 1.54) is 0 Å². The molecule has 7 heteroatoms. The SMILES string of the molecule is O=C1NC2(CCCC2)c2c(Cl)cc(F)c([N+](=O)[O-])c21. The Balaban J connectivity index is 2.34. The molecule has 0 saturated heterocycles. The molecule has 1 amide bonds. The number of nitrogens with one attached hydrogen (secondary N) is 1. The maximum atomic E-state index is 13.7. The molecule has 100 valence electrons. The highest BCUT2D eigenvalue weighted by Crippen LogP contribution is 2.49. The molecule has 1 heterocycles. The first-order valence-corrected chi connectivity index (χ1v) is 6.33. The van der Waals surface area contributed by atoms with Crippen LogP contribution in [0.2, 0.25) is 5.02 Å². The lowest BCUT2D eigenvalue weighted by Crippen LogP contribution is -2.36. The minimum absolute atomic E-state index is 0.0818. The number of halogens is 2. The van der Waals surface area contributed by atoms with E-state index in [1.54, 1.807) is 0 Å². The van der Waals surface area contributed by atoms with Gasteiger partial charge >= 0.3 is 5.69 Å². The van der Waals surface area contributed by atoms with E-state index in [0.717, 1.165) is 18.9 Å². The number of carbonyl (C=O) groups is 1. The summed E-state index contributed by atoms with van der Waals surface area (Å²) in [5.74, 6) is -1.68. The summed E-state index contributed by atoms with van der Waals surface area (Å²) in [4.78, 5) is 22.1. The van der Waals surface area contributed by atoms with Gasteiger partial charge in [-0.1, -0.05) is 24.4 Å². The van der Waals surface area contributed by atoms with Gasteiger partial charge in [0.25, 0.3) is 5.91 Å². The lowest BCUT2D eigenvalue weighted by atomic mass is 9.88. The number of carbonyl (C=O) groups excluding carboxylic acids is 1. The first-order valence-electron chi connectivity index (χ1n) is 5.96. The third kappa shape index (κ3) is 1.56. The number of nitro groups is 1. The summed E-state index contributed by atoms with van der Waals surface area (Å²) >= 11 is 6.03. The maximum Gasteiger partial charge on any atom is 0.317 e. The van der Waals surface area contributed by atoms with Crippen LogP contribution in [0.3, 0.4) is 0 Å². The average Bonchev–Trinajstić information content (AvgIpc) is 2.86. The van der Waals surface area contributed by atoms with E-state index in [1.807, 2.05) is 0 Å².